The molecule has 1 amide bonds. The van der Waals surface area contributed by atoms with Gasteiger partial charge in [0.05, 0.1) is 22.0 Å². The average molecular weight is 558 g/mol. The molecule has 1 aliphatic heterocycles. The largest absolute Gasteiger partial charge is 0.349 e. The van der Waals surface area contributed by atoms with Crippen LogP contribution in [0.4, 0.5) is 0 Å². The Labute approximate surface area is 224 Å². The van der Waals surface area contributed by atoms with Crippen LogP contribution in [0, 0.1) is 12.8 Å². The summed E-state index contributed by atoms with van der Waals surface area (Å²) in [5.41, 5.74) is 3.12. The molecule has 1 saturated carbocycles. The van der Waals surface area contributed by atoms with Gasteiger partial charge in [0.25, 0.3) is 5.91 Å². The van der Waals surface area contributed by atoms with Crippen molar-refractivity contribution in [2.75, 3.05) is 11.5 Å². The number of nitrogens with one attached hydrogen (secondary N) is 1. The van der Waals surface area contributed by atoms with Crippen LogP contribution >= 0.6 is 0 Å². The van der Waals surface area contributed by atoms with Gasteiger partial charge in [0.1, 0.15) is 9.84 Å². The van der Waals surface area contributed by atoms with Gasteiger partial charge in [0.2, 0.25) is 10.0 Å². The van der Waals surface area contributed by atoms with Crippen LogP contribution in [-0.4, -0.2) is 44.9 Å². The second-order valence-corrected chi connectivity index (χ2v) is 14.6. The molecule has 1 saturated heterocycles. The maximum Gasteiger partial charge on any atom is 0.253 e. The zero-order valence-corrected chi connectivity index (χ0v) is 23.3. The Hall–Kier alpha value is -2.69. The number of fused-ring (bicyclic) bond motifs is 1. The third kappa shape index (κ3) is 5.53. The van der Waals surface area contributed by atoms with Crippen molar-refractivity contribution in [1.82, 2.24) is 9.88 Å². The van der Waals surface area contributed by atoms with Crippen molar-refractivity contribution in [2.45, 2.75) is 69.4 Å². The Morgan fingerprint density at radius 1 is 1.00 bits per heavy atom. The molecular formula is C28H35N3O5S2. The molecule has 1 aromatic heterocycles. The van der Waals surface area contributed by atoms with Crippen molar-refractivity contribution in [2.24, 2.45) is 11.1 Å². The molecule has 38 heavy (non-hydrogen) atoms. The lowest BCUT2D eigenvalue weighted by atomic mass is 9.89. The lowest BCUT2D eigenvalue weighted by Gasteiger charge is -2.25. The maximum atomic E-state index is 13.5. The molecule has 0 unspecified atom stereocenters. The molecule has 0 bridgehead atoms. The van der Waals surface area contributed by atoms with Gasteiger partial charge in [-0.3, -0.25) is 4.79 Å². The number of nitrogens with zero attached hydrogens (tertiary/aromatic N) is 1. The number of aromatic nitrogens is 1. The summed E-state index contributed by atoms with van der Waals surface area (Å²) in [5.74, 6) is 0.476. The first-order valence-electron chi connectivity index (χ1n) is 13.3. The molecule has 2 aliphatic rings. The van der Waals surface area contributed by atoms with Gasteiger partial charge in [-0.05, 0) is 56.0 Å². The van der Waals surface area contributed by atoms with Gasteiger partial charge in [-0.2, -0.15) is 0 Å². The number of hydrogen-bond acceptors (Lipinski definition) is 5. The van der Waals surface area contributed by atoms with Gasteiger partial charge in [-0.1, -0.05) is 49.6 Å². The van der Waals surface area contributed by atoms with Gasteiger partial charge in [-0.25, -0.2) is 22.0 Å². The second-order valence-electron chi connectivity index (χ2n) is 10.7. The summed E-state index contributed by atoms with van der Waals surface area (Å²) in [5, 5.41) is 9.88. The summed E-state index contributed by atoms with van der Waals surface area (Å²) < 4.78 is 50.4. The van der Waals surface area contributed by atoms with Crippen molar-refractivity contribution in [3.05, 3.63) is 53.7 Å². The molecule has 2 fully saturated rings. The molecule has 10 heteroatoms. The normalized spacial score (nSPS) is 19.0. The summed E-state index contributed by atoms with van der Waals surface area (Å²) in [6.45, 7) is 2.73. The molecule has 0 atom stereocenters. The van der Waals surface area contributed by atoms with Crippen molar-refractivity contribution in [3.63, 3.8) is 0 Å². The van der Waals surface area contributed by atoms with Crippen LogP contribution in [0.25, 0.3) is 22.0 Å². The lowest BCUT2D eigenvalue weighted by molar-refractivity contribution is 0.0933. The van der Waals surface area contributed by atoms with Crippen LogP contribution in [0.1, 0.15) is 61.0 Å². The fourth-order valence-corrected chi connectivity index (χ4v) is 8.24. The summed E-state index contributed by atoms with van der Waals surface area (Å²) in [4.78, 5) is 13.5. The number of primary sulfonamides is 1. The predicted octanol–water partition coefficient (Wildman–Crippen LogP) is 4.15. The highest BCUT2D eigenvalue weighted by Gasteiger charge is 2.28. The van der Waals surface area contributed by atoms with E-state index in [2.05, 4.69) is 9.88 Å². The number of sulfonamides is 1. The highest BCUT2D eigenvalue weighted by molar-refractivity contribution is 7.91. The molecule has 3 N–H and O–H groups in total. The monoisotopic (exact) mass is 557 g/mol. The Morgan fingerprint density at radius 2 is 1.66 bits per heavy atom. The standard InChI is InChI=1S/C28H35N3O5S2/c1-19-25(28(32)30-21-13-15-37(33,34)16-14-21)17-26(31(19)18-20-7-3-2-4-8-20)23-11-12-27(38(29,35)36)24-10-6-5-9-22(23)24/h5-6,9-12,17,20-21H,2-4,7-8,13-16,18H2,1H3,(H,30,32)(H2,29,35,36). The van der Waals surface area contributed by atoms with Crippen LogP contribution in [0.15, 0.2) is 47.4 Å². The number of amides is 1. The highest BCUT2D eigenvalue weighted by atomic mass is 32.2. The summed E-state index contributed by atoms with van der Waals surface area (Å²) in [6, 6.07) is 12.3. The zero-order valence-electron chi connectivity index (χ0n) is 21.6. The molecule has 1 aliphatic carbocycles. The van der Waals surface area contributed by atoms with Crippen molar-refractivity contribution in [3.8, 4) is 11.3 Å². The molecular weight excluding hydrogens is 522 g/mol. The van der Waals surface area contributed by atoms with E-state index >= 15 is 0 Å². The van der Waals surface area contributed by atoms with Crippen LogP contribution < -0.4 is 10.5 Å². The quantitative estimate of drug-likeness (QED) is 0.471. The predicted molar refractivity (Wildman–Crippen MR) is 149 cm³/mol. The first-order valence-corrected chi connectivity index (χ1v) is 16.7. The Balaban J connectivity index is 1.58. The number of benzene rings is 2. The van der Waals surface area contributed by atoms with E-state index in [1.165, 1.54) is 19.3 Å². The van der Waals surface area contributed by atoms with Gasteiger partial charge < -0.3 is 9.88 Å². The minimum Gasteiger partial charge on any atom is -0.349 e. The number of carbonyl (C=O) groups excluding carboxylic acids is 1. The Bertz CT molecular complexity index is 1570. The highest BCUT2D eigenvalue weighted by Crippen LogP contribution is 2.36. The van der Waals surface area contributed by atoms with Crippen LogP contribution in [0.3, 0.4) is 0 Å². The van der Waals surface area contributed by atoms with Gasteiger partial charge in [-0.15, -0.1) is 0 Å². The fourth-order valence-electron chi connectivity index (χ4n) is 6.00. The molecule has 3 aromatic rings. The molecule has 204 valence electrons. The number of sulfone groups is 1. The molecule has 2 aromatic carbocycles. The van der Waals surface area contributed by atoms with E-state index in [4.69, 9.17) is 5.14 Å². The Morgan fingerprint density at radius 3 is 2.32 bits per heavy atom. The van der Waals surface area contributed by atoms with E-state index in [9.17, 15) is 21.6 Å². The number of nitrogens with two attached hydrogens (primary N) is 1. The summed E-state index contributed by atoms with van der Waals surface area (Å²) >= 11 is 0. The van der Waals surface area contributed by atoms with E-state index in [0.29, 0.717) is 29.7 Å². The first kappa shape index (κ1) is 26.9. The minimum absolute atomic E-state index is 0.0733. The molecule has 0 radical (unpaired) electrons. The SMILES string of the molecule is Cc1c(C(=O)NC2CCS(=O)(=O)CC2)cc(-c2ccc(S(N)(=O)=O)c3ccccc23)n1CC1CCCCC1. The zero-order chi connectivity index (χ0) is 27.1. The second kappa shape index (κ2) is 10.5. The van der Waals surface area contributed by atoms with E-state index in [1.807, 2.05) is 25.1 Å². The minimum atomic E-state index is -3.92. The number of carbonyl (C=O) groups is 1. The fraction of sp³-hybridized carbons (Fsp3) is 0.464. The smallest absolute Gasteiger partial charge is 0.253 e. The molecule has 8 nitrogen and oxygen atoms in total. The maximum absolute atomic E-state index is 13.5. The molecule has 5 rings (SSSR count). The topological polar surface area (TPSA) is 128 Å². The van der Waals surface area contributed by atoms with Crippen molar-refractivity contribution in [1.29, 1.82) is 0 Å². The van der Waals surface area contributed by atoms with E-state index in [0.717, 1.165) is 41.7 Å². The van der Waals surface area contributed by atoms with E-state index in [1.54, 1.807) is 24.3 Å². The van der Waals surface area contributed by atoms with Gasteiger partial charge in [0, 0.05) is 34.9 Å². The Kier molecular flexibility index (Phi) is 7.41. The van der Waals surface area contributed by atoms with E-state index < -0.39 is 19.9 Å². The summed E-state index contributed by atoms with van der Waals surface area (Å²) in [7, 11) is -6.94. The summed E-state index contributed by atoms with van der Waals surface area (Å²) in [6.07, 6.45) is 6.76. The van der Waals surface area contributed by atoms with Crippen molar-refractivity contribution >= 4 is 36.5 Å². The average Bonchev–Trinajstić information content (AvgIpc) is 3.20. The van der Waals surface area contributed by atoms with E-state index in [-0.39, 0.29) is 28.4 Å². The first-order chi connectivity index (χ1) is 18.0. The number of rotatable bonds is 6. The van der Waals surface area contributed by atoms with Gasteiger partial charge in [0.15, 0.2) is 0 Å². The van der Waals surface area contributed by atoms with Gasteiger partial charge >= 0.3 is 0 Å². The van der Waals surface area contributed by atoms with Crippen LogP contribution in [0.5, 0.6) is 0 Å². The molecule has 2 heterocycles. The number of hydrogen-bond donors (Lipinski definition) is 2. The van der Waals surface area contributed by atoms with Crippen LogP contribution in [0.2, 0.25) is 0 Å². The third-order valence-corrected chi connectivity index (χ3v) is 10.8. The van der Waals surface area contributed by atoms with Crippen molar-refractivity contribution < 1.29 is 21.6 Å². The molecule has 0 spiro atoms. The lowest BCUT2D eigenvalue weighted by Crippen LogP contribution is -2.41. The third-order valence-electron chi connectivity index (χ3n) is 8.13. The van der Waals surface area contributed by atoms with Crippen LogP contribution in [-0.2, 0) is 26.4 Å².